The standard InChI is InChI=1S/C14H24N4O/c1-3-5-7-11(6-4-2)17-14(19)12-10-16-9-8-13(12)18-15/h8-11H,3-7,15H2,1-2H3,(H,16,18)(H,17,19). The van der Waals surface area contributed by atoms with Gasteiger partial charge in [-0.25, -0.2) is 0 Å². The Labute approximate surface area is 115 Å². The maximum Gasteiger partial charge on any atom is 0.255 e. The minimum Gasteiger partial charge on any atom is -0.349 e. The number of nitrogens with one attached hydrogen (secondary N) is 2. The van der Waals surface area contributed by atoms with Crippen LogP contribution in [0.25, 0.3) is 0 Å². The van der Waals surface area contributed by atoms with Crippen molar-refractivity contribution >= 4 is 11.6 Å². The molecule has 1 aromatic heterocycles. The zero-order valence-corrected chi connectivity index (χ0v) is 11.8. The fraction of sp³-hybridized carbons (Fsp3) is 0.571. The molecule has 5 heteroatoms. The summed E-state index contributed by atoms with van der Waals surface area (Å²) in [5.41, 5.74) is 3.61. The van der Waals surface area contributed by atoms with E-state index in [-0.39, 0.29) is 11.9 Å². The minimum absolute atomic E-state index is 0.115. The van der Waals surface area contributed by atoms with Crippen LogP contribution in [-0.4, -0.2) is 16.9 Å². The fourth-order valence-corrected chi connectivity index (χ4v) is 2.05. The van der Waals surface area contributed by atoms with E-state index in [1.807, 2.05) is 0 Å². The number of nitrogen functional groups attached to an aromatic ring is 1. The lowest BCUT2D eigenvalue weighted by Gasteiger charge is -2.18. The number of rotatable bonds is 8. The van der Waals surface area contributed by atoms with Gasteiger partial charge in [-0.1, -0.05) is 33.1 Å². The highest BCUT2D eigenvalue weighted by Gasteiger charge is 2.15. The van der Waals surface area contributed by atoms with E-state index in [0.717, 1.165) is 32.1 Å². The third-order valence-corrected chi connectivity index (χ3v) is 3.10. The minimum atomic E-state index is -0.115. The maximum atomic E-state index is 12.2. The highest BCUT2D eigenvalue weighted by atomic mass is 16.1. The number of unbranched alkanes of at least 4 members (excludes halogenated alkanes) is 1. The van der Waals surface area contributed by atoms with E-state index in [4.69, 9.17) is 5.84 Å². The maximum absolute atomic E-state index is 12.2. The third kappa shape index (κ3) is 4.87. The lowest BCUT2D eigenvalue weighted by atomic mass is 10.0. The van der Waals surface area contributed by atoms with Crippen molar-refractivity contribution in [2.45, 2.75) is 52.0 Å². The molecule has 0 saturated heterocycles. The molecular weight excluding hydrogens is 240 g/mol. The number of carbonyl (C=O) groups is 1. The first-order chi connectivity index (χ1) is 9.22. The largest absolute Gasteiger partial charge is 0.349 e. The number of hydrogen-bond acceptors (Lipinski definition) is 4. The summed E-state index contributed by atoms with van der Waals surface area (Å²) in [4.78, 5) is 16.2. The summed E-state index contributed by atoms with van der Waals surface area (Å²) in [6, 6.07) is 1.92. The molecule has 19 heavy (non-hydrogen) atoms. The summed E-state index contributed by atoms with van der Waals surface area (Å²) in [5, 5.41) is 3.07. The predicted octanol–water partition coefficient (Wildman–Crippen LogP) is 2.46. The van der Waals surface area contributed by atoms with Gasteiger partial charge in [0.2, 0.25) is 0 Å². The topological polar surface area (TPSA) is 80.0 Å². The van der Waals surface area contributed by atoms with Gasteiger partial charge in [0.15, 0.2) is 0 Å². The number of carbonyl (C=O) groups excluding carboxylic acids is 1. The first-order valence-electron chi connectivity index (χ1n) is 6.94. The predicted molar refractivity (Wildman–Crippen MR) is 77.7 cm³/mol. The Hall–Kier alpha value is -1.62. The molecule has 0 radical (unpaired) electrons. The summed E-state index contributed by atoms with van der Waals surface area (Å²) in [6.45, 7) is 4.28. The van der Waals surface area contributed by atoms with Crippen molar-refractivity contribution in [3.05, 3.63) is 24.0 Å². The van der Waals surface area contributed by atoms with Crippen LogP contribution in [-0.2, 0) is 0 Å². The number of anilines is 1. The molecule has 0 aliphatic heterocycles. The average Bonchev–Trinajstić information content (AvgIpc) is 2.44. The van der Waals surface area contributed by atoms with Gasteiger partial charge in [-0.05, 0) is 18.9 Å². The van der Waals surface area contributed by atoms with E-state index in [0.29, 0.717) is 11.3 Å². The van der Waals surface area contributed by atoms with Crippen LogP contribution in [0.3, 0.4) is 0 Å². The van der Waals surface area contributed by atoms with Crippen LogP contribution in [0.4, 0.5) is 5.69 Å². The van der Waals surface area contributed by atoms with E-state index in [1.165, 1.54) is 6.20 Å². The molecule has 0 fully saturated rings. The van der Waals surface area contributed by atoms with E-state index < -0.39 is 0 Å². The average molecular weight is 264 g/mol. The van der Waals surface area contributed by atoms with Crippen LogP contribution in [0.5, 0.6) is 0 Å². The Balaban J connectivity index is 2.69. The van der Waals surface area contributed by atoms with E-state index in [2.05, 4.69) is 29.6 Å². The van der Waals surface area contributed by atoms with Gasteiger partial charge >= 0.3 is 0 Å². The van der Waals surface area contributed by atoms with Gasteiger partial charge in [0, 0.05) is 18.4 Å². The molecule has 4 N–H and O–H groups in total. The Morgan fingerprint density at radius 3 is 2.79 bits per heavy atom. The SMILES string of the molecule is CCCCC(CCC)NC(=O)c1cnccc1NN. The number of hydrogen-bond donors (Lipinski definition) is 3. The summed E-state index contributed by atoms with van der Waals surface area (Å²) < 4.78 is 0. The number of nitrogens with zero attached hydrogens (tertiary/aromatic N) is 1. The molecule has 1 amide bonds. The molecule has 1 unspecified atom stereocenters. The lowest BCUT2D eigenvalue weighted by molar-refractivity contribution is 0.0932. The van der Waals surface area contributed by atoms with Crippen molar-refractivity contribution in [3.63, 3.8) is 0 Å². The van der Waals surface area contributed by atoms with Gasteiger partial charge in [-0.15, -0.1) is 0 Å². The molecule has 1 atom stereocenters. The van der Waals surface area contributed by atoms with Crippen LogP contribution in [0.2, 0.25) is 0 Å². The van der Waals surface area contributed by atoms with E-state index >= 15 is 0 Å². The molecule has 0 aliphatic rings. The fourth-order valence-electron chi connectivity index (χ4n) is 2.05. The summed E-state index contributed by atoms with van der Waals surface area (Å²) >= 11 is 0. The molecule has 0 aromatic carbocycles. The van der Waals surface area contributed by atoms with Crippen LogP contribution in [0, 0.1) is 0 Å². The van der Waals surface area contributed by atoms with Gasteiger partial charge < -0.3 is 10.7 Å². The Morgan fingerprint density at radius 2 is 2.16 bits per heavy atom. The molecule has 1 aromatic rings. The molecular formula is C14H24N4O. The molecule has 1 rings (SSSR count). The quantitative estimate of drug-likeness (QED) is 0.497. The Morgan fingerprint density at radius 1 is 1.37 bits per heavy atom. The van der Waals surface area contributed by atoms with Crippen molar-refractivity contribution in [1.82, 2.24) is 10.3 Å². The second-order valence-corrected chi connectivity index (χ2v) is 4.67. The molecule has 0 spiro atoms. The van der Waals surface area contributed by atoms with Gasteiger partial charge in [-0.2, -0.15) is 0 Å². The molecule has 5 nitrogen and oxygen atoms in total. The highest BCUT2D eigenvalue weighted by molar-refractivity contribution is 5.99. The number of aromatic nitrogens is 1. The Kier molecular flexibility index (Phi) is 6.89. The molecule has 0 saturated carbocycles. The normalized spacial score (nSPS) is 11.9. The molecule has 106 valence electrons. The van der Waals surface area contributed by atoms with Crippen LogP contribution in [0.1, 0.15) is 56.3 Å². The second kappa shape index (κ2) is 8.48. The van der Waals surface area contributed by atoms with E-state index in [1.54, 1.807) is 12.3 Å². The van der Waals surface area contributed by atoms with Crippen molar-refractivity contribution in [2.75, 3.05) is 5.43 Å². The zero-order valence-electron chi connectivity index (χ0n) is 11.8. The first kappa shape index (κ1) is 15.4. The van der Waals surface area contributed by atoms with Crippen LogP contribution < -0.4 is 16.6 Å². The first-order valence-corrected chi connectivity index (χ1v) is 6.94. The van der Waals surface area contributed by atoms with Crippen molar-refractivity contribution < 1.29 is 4.79 Å². The number of hydrazine groups is 1. The molecule has 0 aliphatic carbocycles. The van der Waals surface area contributed by atoms with Gasteiger partial charge in [0.1, 0.15) is 0 Å². The molecule has 1 heterocycles. The van der Waals surface area contributed by atoms with Gasteiger partial charge in [0.05, 0.1) is 11.3 Å². The van der Waals surface area contributed by atoms with E-state index in [9.17, 15) is 4.79 Å². The van der Waals surface area contributed by atoms with Crippen LogP contribution >= 0.6 is 0 Å². The smallest absolute Gasteiger partial charge is 0.255 e. The van der Waals surface area contributed by atoms with Gasteiger partial charge in [0.25, 0.3) is 5.91 Å². The monoisotopic (exact) mass is 264 g/mol. The zero-order chi connectivity index (χ0) is 14.1. The second-order valence-electron chi connectivity index (χ2n) is 4.67. The van der Waals surface area contributed by atoms with Crippen molar-refractivity contribution in [3.8, 4) is 0 Å². The van der Waals surface area contributed by atoms with Gasteiger partial charge in [-0.3, -0.25) is 15.6 Å². The van der Waals surface area contributed by atoms with Crippen LogP contribution in [0.15, 0.2) is 18.5 Å². The summed E-state index contributed by atoms with van der Waals surface area (Å²) in [7, 11) is 0. The highest BCUT2D eigenvalue weighted by Crippen LogP contribution is 2.13. The van der Waals surface area contributed by atoms with Crippen molar-refractivity contribution in [2.24, 2.45) is 5.84 Å². The number of pyridine rings is 1. The Bertz CT molecular complexity index is 395. The summed E-state index contributed by atoms with van der Waals surface area (Å²) in [5.74, 6) is 5.29. The lowest BCUT2D eigenvalue weighted by Crippen LogP contribution is -2.35. The summed E-state index contributed by atoms with van der Waals surface area (Å²) in [6.07, 6.45) is 8.47. The van der Waals surface area contributed by atoms with Crippen molar-refractivity contribution in [1.29, 1.82) is 0 Å². The number of nitrogens with two attached hydrogens (primary N) is 1. The number of amides is 1. The third-order valence-electron chi connectivity index (χ3n) is 3.10. The molecule has 0 bridgehead atoms.